The Hall–Kier alpha value is -1.06. The van der Waals surface area contributed by atoms with Crippen molar-refractivity contribution in [2.75, 3.05) is 0 Å². The molecule has 0 aromatic carbocycles. The van der Waals surface area contributed by atoms with E-state index in [1.165, 1.54) is 6.92 Å². The summed E-state index contributed by atoms with van der Waals surface area (Å²) in [5.41, 5.74) is -1.11. The van der Waals surface area contributed by atoms with E-state index in [0.717, 1.165) is 6.42 Å². The van der Waals surface area contributed by atoms with Crippen LogP contribution >= 0.6 is 0 Å². The fraction of sp³-hybridized carbons (Fsp3) is 0.778. The van der Waals surface area contributed by atoms with E-state index in [2.05, 4.69) is 5.32 Å². The van der Waals surface area contributed by atoms with E-state index in [1.807, 2.05) is 6.92 Å². The summed E-state index contributed by atoms with van der Waals surface area (Å²) in [5, 5.41) is 11.4. The SMILES string of the molecule is CCCC(C)(NC(=O)CC)C(=O)O. The summed E-state index contributed by atoms with van der Waals surface area (Å²) in [6.45, 7) is 5.12. The lowest BCUT2D eigenvalue weighted by atomic mass is 9.96. The Bertz CT molecular complexity index is 203. The molecular weight excluding hydrogens is 170 g/mol. The third kappa shape index (κ3) is 3.44. The van der Waals surface area contributed by atoms with Crippen LogP contribution in [0.3, 0.4) is 0 Å². The van der Waals surface area contributed by atoms with Gasteiger partial charge >= 0.3 is 5.97 Å². The van der Waals surface area contributed by atoms with Crippen molar-refractivity contribution in [3.8, 4) is 0 Å². The first-order chi connectivity index (χ1) is 5.96. The lowest BCUT2D eigenvalue weighted by Gasteiger charge is -2.25. The van der Waals surface area contributed by atoms with Gasteiger partial charge in [0, 0.05) is 6.42 Å². The zero-order valence-corrected chi connectivity index (χ0v) is 8.39. The maximum absolute atomic E-state index is 11.0. The molecule has 0 aliphatic carbocycles. The Morgan fingerprint density at radius 3 is 2.23 bits per heavy atom. The van der Waals surface area contributed by atoms with Gasteiger partial charge in [-0.3, -0.25) is 4.79 Å². The maximum Gasteiger partial charge on any atom is 0.329 e. The van der Waals surface area contributed by atoms with Crippen LogP contribution in [-0.4, -0.2) is 22.5 Å². The lowest BCUT2D eigenvalue weighted by molar-refractivity contribution is -0.147. The van der Waals surface area contributed by atoms with E-state index in [-0.39, 0.29) is 5.91 Å². The predicted octanol–water partition coefficient (Wildman–Crippen LogP) is 1.16. The standard InChI is InChI=1S/C9H17NO3/c1-4-6-9(3,8(12)13)10-7(11)5-2/h4-6H2,1-3H3,(H,10,11)(H,12,13). The molecule has 4 heteroatoms. The van der Waals surface area contributed by atoms with Crippen molar-refractivity contribution < 1.29 is 14.7 Å². The average Bonchev–Trinajstić information content (AvgIpc) is 2.04. The molecule has 0 saturated heterocycles. The molecule has 0 heterocycles. The number of aliphatic carboxylic acids is 1. The molecule has 0 bridgehead atoms. The van der Waals surface area contributed by atoms with E-state index < -0.39 is 11.5 Å². The number of hydrogen-bond donors (Lipinski definition) is 2. The van der Waals surface area contributed by atoms with Crippen LogP contribution in [0.15, 0.2) is 0 Å². The zero-order valence-electron chi connectivity index (χ0n) is 8.39. The largest absolute Gasteiger partial charge is 0.480 e. The maximum atomic E-state index is 11.0. The quantitative estimate of drug-likeness (QED) is 0.678. The topological polar surface area (TPSA) is 66.4 Å². The molecular formula is C9H17NO3. The van der Waals surface area contributed by atoms with Gasteiger partial charge in [0.1, 0.15) is 5.54 Å². The molecule has 1 unspecified atom stereocenters. The molecule has 1 amide bonds. The number of carboxylic acid groups (broad SMARTS) is 1. The Morgan fingerprint density at radius 1 is 1.38 bits per heavy atom. The number of amides is 1. The molecule has 76 valence electrons. The second kappa shape index (κ2) is 4.84. The highest BCUT2D eigenvalue weighted by atomic mass is 16.4. The fourth-order valence-corrected chi connectivity index (χ4v) is 1.12. The van der Waals surface area contributed by atoms with E-state index in [0.29, 0.717) is 12.8 Å². The molecule has 1 atom stereocenters. The van der Waals surface area contributed by atoms with Gasteiger partial charge in [-0.1, -0.05) is 20.3 Å². The summed E-state index contributed by atoms with van der Waals surface area (Å²) in [7, 11) is 0. The molecule has 0 aromatic rings. The van der Waals surface area contributed by atoms with Gasteiger partial charge in [-0.25, -0.2) is 4.79 Å². The summed E-state index contributed by atoms with van der Waals surface area (Å²) in [5.74, 6) is -1.20. The van der Waals surface area contributed by atoms with Crippen molar-refractivity contribution in [3.63, 3.8) is 0 Å². The van der Waals surface area contributed by atoms with Crippen molar-refractivity contribution in [3.05, 3.63) is 0 Å². The van der Waals surface area contributed by atoms with E-state index in [9.17, 15) is 9.59 Å². The number of carboxylic acids is 1. The van der Waals surface area contributed by atoms with Crippen LogP contribution in [0.4, 0.5) is 0 Å². The summed E-state index contributed by atoms with van der Waals surface area (Å²) in [4.78, 5) is 21.9. The van der Waals surface area contributed by atoms with Gasteiger partial charge in [0.15, 0.2) is 0 Å². The molecule has 2 N–H and O–H groups in total. The molecule has 4 nitrogen and oxygen atoms in total. The van der Waals surface area contributed by atoms with E-state index in [1.54, 1.807) is 6.92 Å². The van der Waals surface area contributed by atoms with E-state index in [4.69, 9.17) is 5.11 Å². The highest BCUT2D eigenvalue weighted by Crippen LogP contribution is 2.12. The minimum absolute atomic E-state index is 0.224. The Balaban J connectivity index is 4.41. The molecule has 0 spiro atoms. The van der Waals surface area contributed by atoms with E-state index >= 15 is 0 Å². The molecule has 0 saturated carbocycles. The molecule has 0 fully saturated rings. The molecule has 0 aliphatic rings. The van der Waals surface area contributed by atoms with Crippen molar-refractivity contribution in [1.29, 1.82) is 0 Å². The molecule has 0 aromatic heterocycles. The summed E-state index contributed by atoms with van der Waals surface area (Å²) >= 11 is 0. The second-order valence-corrected chi connectivity index (χ2v) is 3.29. The third-order valence-corrected chi connectivity index (χ3v) is 1.96. The van der Waals surface area contributed by atoms with Crippen molar-refractivity contribution in [2.24, 2.45) is 0 Å². The Kier molecular flexibility index (Phi) is 4.45. The van der Waals surface area contributed by atoms with Gasteiger partial charge in [-0.2, -0.15) is 0 Å². The van der Waals surface area contributed by atoms with Crippen molar-refractivity contribution in [2.45, 2.75) is 45.6 Å². The van der Waals surface area contributed by atoms with Crippen LogP contribution in [0.5, 0.6) is 0 Å². The minimum atomic E-state index is -1.11. The van der Waals surface area contributed by atoms with Gasteiger partial charge in [0.2, 0.25) is 5.91 Å². The van der Waals surface area contributed by atoms with Crippen LogP contribution in [0.2, 0.25) is 0 Å². The van der Waals surface area contributed by atoms with Gasteiger partial charge in [-0.15, -0.1) is 0 Å². The minimum Gasteiger partial charge on any atom is -0.480 e. The lowest BCUT2D eigenvalue weighted by Crippen LogP contribution is -2.51. The van der Waals surface area contributed by atoms with Crippen LogP contribution in [0.1, 0.15) is 40.0 Å². The van der Waals surface area contributed by atoms with Gasteiger partial charge in [0.05, 0.1) is 0 Å². The highest BCUT2D eigenvalue weighted by molar-refractivity contribution is 5.86. The smallest absolute Gasteiger partial charge is 0.329 e. The molecule has 0 aliphatic heterocycles. The van der Waals surface area contributed by atoms with Crippen LogP contribution in [0, 0.1) is 0 Å². The number of nitrogens with one attached hydrogen (secondary N) is 1. The number of rotatable bonds is 5. The monoisotopic (exact) mass is 187 g/mol. The number of carbonyl (C=O) groups excluding carboxylic acids is 1. The first-order valence-electron chi connectivity index (χ1n) is 4.50. The Labute approximate surface area is 78.3 Å². The highest BCUT2D eigenvalue weighted by Gasteiger charge is 2.33. The molecule has 0 radical (unpaired) electrons. The normalized spacial score (nSPS) is 14.7. The third-order valence-electron chi connectivity index (χ3n) is 1.96. The average molecular weight is 187 g/mol. The fourth-order valence-electron chi connectivity index (χ4n) is 1.12. The first-order valence-corrected chi connectivity index (χ1v) is 4.50. The number of carbonyl (C=O) groups is 2. The van der Waals surface area contributed by atoms with Gasteiger partial charge in [0.25, 0.3) is 0 Å². The summed E-state index contributed by atoms with van der Waals surface area (Å²) in [6.07, 6.45) is 1.49. The van der Waals surface area contributed by atoms with Crippen molar-refractivity contribution >= 4 is 11.9 Å². The first kappa shape index (κ1) is 11.9. The van der Waals surface area contributed by atoms with Crippen molar-refractivity contribution in [1.82, 2.24) is 5.32 Å². The number of hydrogen-bond acceptors (Lipinski definition) is 2. The van der Waals surface area contributed by atoms with Gasteiger partial charge < -0.3 is 10.4 Å². The predicted molar refractivity (Wildman–Crippen MR) is 49.4 cm³/mol. The summed E-state index contributed by atoms with van der Waals surface area (Å²) in [6, 6.07) is 0. The van der Waals surface area contributed by atoms with Crippen LogP contribution in [-0.2, 0) is 9.59 Å². The molecule has 0 rings (SSSR count). The second-order valence-electron chi connectivity index (χ2n) is 3.29. The van der Waals surface area contributed by atoms with Gasteiger partial charge in [-0.05, 0) is 13.3 Å². The summed E-state index contributed by atoms with van der Waals surface area (Å²) < 4.78 is 0. The van der Waals surface area contributed by atoms with Crippen LogP contribution < -0.4 is 5.32 Å². The zero-order chi connectivity index (χ0) is 10.5. The Morgan fingerprint density at radius 2 is 1.92 bits per heavy atom. The molecule has 13 heavy (non-hydrogen) atoms. The van der Waals surface area contributed by atoms with Crippen LogP contribution in [0.25, 0.3) is 0 Å².